The number of benzene rings is 2. The van der Waals surface area contributed by atoms with E-state index in [0.717, 1.165) is 17.2 Å². The second-order valence-electron chi connectivity index (χ2n) is 3.73. The summed E-state index contributed by atoms with van der Waals surface area (Å²) < 4.78 is 0. The van der Waals surface area contributed by atoms with Crippen LogP contribution in [-0.4, -0.2) is 15.3 Å². The van der Waals surface area contributed by atoms with E-state index in [9.17, 15) is 15.3 Å². The summed E-state index contributed by atoms with van der Waals surface area (Å²) in [4.78, 5) is 0. The molecule has 3 nitrogen and oxygen atoms in total. The third-order valence-electron chi connectivity index (χ3n) is 2.42. The van der Waals surface area contributed by atoms with Crippen LogP contribution in [0, 0.1) is 6.92 Å². The van der Waals surface area contributed by atoms with Gasteiger partial charge in [-0.3, -0.25) is 0 Å². The fourth-order valence-corrected chi connectivity index (χ4v) is 1.61. The lowest BCUT2D eigenvalue weighted by Crippen LogP contribution is -1.81. The summed E-state index contributed by atoms with van der Waals surface area (Å²) in [6.45, 7) is 1.95. The molecule has 0 unspecified atom stereocenters. The van der Waals surface area contributed by atoms with E-state index in [1.165, 1.54) is 6.07 Å². The minimum atomic E-state index is -0.325. The van der Waals surface area contributed by atoms with Crippen LogP contribution in [0.3, 0.4) is 0 Å². The van der Waals surface area contributed by atoms with Gasteiger partial charge in [-0.25, -0.2) is 0 Å². The molecule has 0 fully saturated rings. The predicted octanol–water partition coefficient (Wildman–Crippen LogP) is 2.78. The Hall–Kier alpha value is -2.16. The Kier molecular flexibility index (Phi) is 2.44. The first kappa shape index (κ1) is 10.4. The topological polar surface area (TPSA) is 60.7 Å². The van der Waals surface area contributed by atoms with Crippen LogP contribution in [0.4, 0.5) is 0 Å². The second-order valence-corrected chi connectivity index (χ2v) is 3.73. The summed E-state index contributed by atoms with van der Waals surface area (Å²) in [5.74, 6) is -0.621. The Morgan fingerprint density at radius 2 is 1.50 bits per heavy atom. The van der Waals surface area contributed by atoms with Crippen LogP contribution in [0.25, 0.3) is 11.1 Å². The van der Waals surface area contributed by atoms with Gasteiger partial charge in [-0.1, -0.05) is 29.8 Å². The average Bonchev–Trinajstić information content (AvgIpc) is 2.23. The van der Waals surface area contributed by atoms with E-state index in [1.807, 2.05) is 31.2 Å². The van der Waals surface area contributed by atoms with Gasteiger partial charge in [0.2, 0.25) is 0 Å². The molecule has 0 aromatic heterocycles. The summed E-state index contributed by atoms with van der Waals surface area (Å²) in [6, 6.07) is 10.0. The van der Waals surface area contributed by atoms with Crippen LogP contribution in [0.2, 0.25) is 0 Å². The van der Waals surface area contributed by atoms with Gasteiger partial charge in [0.1, 0.15) is 5.75 Å². The Balaban J connectivity index is 2.60. The van der Waals surface area contributed by atoms with E-state index < -0.39 is 0 Å². The molecule has 0 aliphatic heterocycles. The molecule has 16 heavy (non-hydrogen) atoms. The minimum Gasteiger partial charge on any atom is -0.507 e. The lowest BCUT2D eigenvalue weighted by molar-refractivity contribution is 0.397. The van der Waals surface area contributed by atoms with Crippen molar-refractivity contribution in [3.8, 4) is 28.4 Å². The monoisotopic (exact) mass is 216 g/mol. The van der Waals surface area contributed by atoms with E-state index in [0.29, 0.717) is 5.56 Å². The fraction of sp³-hybridized carbons (Fsp3) is 0.0769. The van der Waals surface area contributed by atoms with Gasteiger partial charge < -0.3 is 15.3 Å². The van der Waals surface area contributed by atoms with Gasteiger partial charge in [-0.2, -0.15) is 0 Å². The molecule has 2 rings (SSSR count). The number of aromatic hydroxyl groups is 3. The van der Waals surface area contributed by atoms with Crippen molar-refractivity contribution < 1.29 is 15.3 Å². The van der Waals surface area contributed by atoms with E-state index in [1.54, 1.807) is 0 Å². The van der Waals surface area contributed by atoms with Crippen molar-refractivity contribution in [2.45, 2.75) is 6.92 Å². The number of rotatable bonds is 1. The molecule has 0 radical (unpaired) electrons. The normalized spacial score (nSPS) is 10.3. The molecular weight excluding hydrogens is 204 g/mol. The van der Waals surface area contributed by atoms with Gasteiger partial charge in [0.05, 0.1) is 0 Å². The Morgan fingerprint density at radius 1 is 0.812 bits per heavy atom. The minimum absolute atomic E-state index is 0.0547. The molecule has 0 atom stereocenters. The van der Waals surface area contributed by atoms with Crippen LogP contribution in [0.5, 0.6) is 17.2 Å². The molecule has 2 aromatic carbocycles. The molecule has 0 heterocycles. The van der Waals surface area contributed by atoms with Gasteiger partial charge in [0.25, 0.3) is 0 Å². The average molecular weight is 216 g/mol. The lowest BCUT2D eigenvalue weighted by Gasteiger charge is -2.07. The highest BCUT2D eigenvalue weighted by molar-refractivity contribution is 5.73. The highest BCUT2D eigenvalue weighted by atomic mass is 16.3. The molecule has 3 N–H and O–H groups in total. The van der Waals surface area contributed by atoms with Crippen molar-refractivity contribution in [2.75, 3.05) is 0 Å². The fourth-order valence-electron chi connectivity index (χ4n) is 1.61. The molecule has 0 aliphatic rings. The number of phenols is 3. The third kappa shape index (κ3) is 1.80. The summed E-state index contributed by atoms with van der Waals surface area (Å²) in [5, 5.41) is 28.3. The number of hydrogen-bond donors (Lipinski definition) is 3. The number of phenolic OH excluding ortho intramolecular Hbond substituents is 3. The SMILES string of the molecule is Cc1cccc(-c2cc(O)c(O)cc2O)c1. The molecule has 0 saturated carbocycles. The predicted molar refractivity (Wildman–Crippen MR) is 61.6 cm³/mol. The van der Waals surface area contributed by atoms with Crippen LogP contribution in [-0.2, 0) is 0 Å². The first-order chi connectivity index (χ1) is 7.58. The quantitative estimate of drug-likeness (QED) is 0.507. The maximum atomic E-state index is 9.69. The van der Waals surface area contributed by atoms with Gasteiger partial charge in [0.15, 0.2) is 11.5 Å². The van der Waals surface area contributed by atoms with Gasteiger partial charge in [-0.05, 0) is 18.6 Å². The van der Waals surface area contributed by atoms with Crippen molar-refractivity contribution in [1.29, 1.82) is 0 Å². The van der Waals surface area contributed by atoms with Crippen LogP contribution in [0.1, 0.15) is 5.56 Å². The zero-order valence-electron chi connectivity index (χ0n) is 8.81. The van der Waals surface area contributed by atoms with Crippen molar-refractivity contribution in [3.63, 3.8) is 0 Å². The van der Waals surface area contributed by atoms with Crippen LogP contribution in [0.15, 0.2) is 36.4 Å². The largest absolute Gasteiger partial charge is 0.507 e. The molecule has 0 spiro atoms. The van der Waals surface area contributed by atoms with Gasteiger partial charge in [0, 0.05) is 11.6 Å². The van der Waals surface area contributed by atoms with E-state index in [2.05, 4.69) is 0 Å². The number of hydrogen-bond acceptors (Lipinski definition) is 3. The Morgan fingerprint density at radius 3 is 2.19 bits per heavy atom. The molecule has 0 saturated heterocycles. The molecule has 3 heteroatoms. The van der Waals surface area contributed by atoms with Gasteiger partial charge >= 0.3 is 0 Å². The number of aryl methyl sites for hydroxylation is 1. The van der Waals surface area contributed by atoms with E-state index >= 15 is 0 Å². The zero-order chi connectivity index (χ0) is 11.7. The molecule has 82 valence electrons. The zero-order valence-corrected chi connectivity index (χ0v) is 8.81. The summed E-state index contributed by atoms with van der Waals surface area (Å²) in [7, 11) is 0. The van der Waals surface area contributed by atoms with Crippen molar-refractivity contribution >= 4 is 0 Å². The summed E-state index contributed by atoms with van der Waals surface area (Å²) >= 11 is 0. The smallest absolute Gasteiger partial charge is 0.161 e. The molecule has 2 aromatic rings. The highest BCUT2D eigenvalue weighted by Crippen LogP contribution is 2.38. The summed E-state index contributed by atoms with van der Waals surface area (Å²) in [6.07, 6.45) is 0. The molecule has 0 bridgehead atoms. The first-order valence-electron chi connectivity index (χ1n) is 4.90. The highest BCUT2D eigenvalue weighted by Gasteiger charge is 2.09. The first-order valence-corrected chi connectivity index (χ1v) is 4.90. The Labute approximate surface area is 93.2 Å². The standard InChI is InChI=1S/C13H12O3/c1-8-3-2-4-9(5-8)10-6-12(15)13(16)7-11(10)14/h2-7,14-16H,1H3. The van der Waals surface area contributed by atoms with E-state index in [4.69, 9.17) is 0 Å². The van der Waals surface area contributed by atoms with Crippen LogP contribution < -0.4 is 0 Å². The molecular formula is C13H12O3. The summed E-state index contributed by atoms with van der Waals surface area (Å²) in [5.41, 5.74) is 2.36. The maximum Gasteiger partial charge on any atom is 0.161 e. The Bertz CT molecular complexity index is 533. The van der Waals surface area contributed by atoms with Crippen molar-refractivity contribution in [1.82, 2.24) is 0 Å². The van der Waals surface area contributed by atoms with Crippen LogP contribution >= 0.6 is 0 Å². The molecule has 0 aliphatic carbocycles. The maximum absolute atomic E-state index is 9.69. The molecule has 0 amide bonds. The lowest BCUT2D eigenvalue weighted by atomic mass is 10.0. The second kappa shape index (κ2) is 3.77. The van der Waals surface area contributed by atoms with Gasteiger partial charge in [-0.15, -0.1) is 0 Å². The van der Waals surface area contributed by atoms with Crippen molar-refractivity contribution in [2.24, 2.45) is 0 Å². The van der Waals surface area contributed by atoms with E-state index in [-0.39, 0.29) is 17.2 Å². The van der Waals surface area contributed by atoms with Crippen molar-refractivity contribution in [3.05, 3.63) is 42.0 Å². The third-order valence-corrected chi connectivity index (χ3v) is 2.42.